The molecule has 0 aliphatic carbocycles. The van der Waals surface area contributed by atoms with Gasteiger partial charge in [-0.2, -0.15) is 13.2 Å². The Bertz CT molecular complexity index is 961. The number of halogens is 3. The number of carboxylic acid groups (broad SMARTS) is 1. The van der Waals surface area contributed by atoms with Gasteiger partial charge in [-0.25, -0.2) is 4.79 Å². The first-order valence-corrected chi connectivity index (χ1v) is 10.8. The molecule has 2 aliphatic heterocycles. The number of benzene rings is 1. The van der Waals surface area contributed by atoms with Crippen molar-refractivity contribution >= 4 is 11.9 Å². The van der Waals surface area contributed by atoms with E-state index in [2.05, 4.69) is 24.0 Å². The van der Waals surface area contributed by atoms with Crippen LogP contribution in [-0.2, 0) is 32.1 Å². The third-order valence-electron chi connectivity index (χ3n) is 5.88. The first-order chi connectivity index (χ1) is 16.1. The zero-order valence-corrected chi connectivity index (χ0v) is 18.8. The maximum absolute atomic E-state index is 12.6. The second-order valence-corrected chi connectivity index (χ2v) is 8.45. The highest BCUT2D eigenvalue weighted by atomic mass is 19.4. The number of aromatic nitrogens is 1. The van der Waals surface area contributed by atoms with Crippen LogP contribution in [0, 0.1) is 12.8 Å². The van der Waals surface area contributed by atoms with Crippen molar-refractivity contribution in [3.05, 3.63) is 65.5 Å². The molecular weight excluding hydrogens is 453 g/mol. The average molecular weight is 480 g/mol. The minimum absolute atomic E-state index is 0.174. The van der Waals surface area contributed by atoms with E-state index in [4.69, 9.17) is 19.4 Å². The van der Waals surface area contributed by atoms with Crippen LogP contribution in [0.1, 0.15) is 23.2 Å². The summed E-state index contributed by atoms with van der Waals surface area (Å²) in [6.45, 7) is 5.32. The standard InChI is InChI=1S/C22H26N2O3.C2HF3O2/c1-17-5-7-18(8-6-17)12-21(25)24-15-22(16-24)19(9-11-27-22)13-26-14-20-4-2-3-10-23-20;3-2(4,5)1(6)7/h2-8,10,19H,9,11-16H2,1H3;(H,6,7). The smallest absolute Gasteiger partial charge is 0.475 e. The summed E-state index contributed by atoms with van der Waals surface area (Å²) in [5.41, 5.74) is 3.00. The van der Waals surface area contributed by atoms with Crippen molar-refractivity contribution in [3.8, 4) is 0 Å². The normalized spacial score (nSPS) is 18.7. The second-order valence-electron chi connectivity index (χ2n) is 8.45. The van der Waals surface area contributed by atoms with Gasteiger partial charge in [0.1, 0.15) is 5.60 Å². The van der Waals surface area contributed by atoms with Gasteiger partial charge < -0.3 is 19.5 Å². The Morgan fingerprint density at radius 3 is 2.47 bits per heavy atom. The lowest BCUT2D eigenvalue weighted by Crippen LogP contribution is -2.66. The van der Waals surface area contributed by atoms with Crippen LogP contribution in [0.2, 0.25) is 0 Å². The largest absolute Gasteiger partial charge is 0.490 e. The summed E-state index contributed by atoms with van der Waals surface area (Å²) in [5.74, 6) is -2.25. The number of aryl methyl sites for hydroxylation is 1. The quantitative estimate of drug-likeness (QED) is 0.682. The van der Waals surface area contributed by atoms with Crippen LogP contribution in [0.5, 0.6) is 0 Å². The number of likely N-dealkylation sites (tertiary alicyclic amines) is 1. The minimum Gasteiger partial charge on any atom is -0.475 e. The zero-order chi connectivity index (χ0) is 24.8. The van der Waals surface area contributed by atoms with Gasteiger partial charge in [0.25, 0.3) is 0 Å². The van der Waals surface area contributed by atoms with Gasteiger partial charge in [0.05, 0.1) is 38.4 Å². The van der Waals surface area contributed by atoms with E-state index in [0.29, 0.717) is 38.6 Å². The molecule has 1 spiro atoms. The summed E-state index contributed by atoms with van der Waals surface area (Å²) in [6, 6.07) is 14.0. The Morgan fingerprint density at radius 1 is 1.21 bits per heavy atom. The number of hydrogen-bond donors (Lipinski definition) is 1. The number of carboxylic acids is 1. The molecule has 0 radical (unpaired) electrons. The molecule has 4 rings (SSSR count). The van der Waals surface area contributed by atoms with E-state index < -0.39 is 12.1 Å². The number of carbonyl (C=O) groups is 2. The van der Waals surface area contributed by atoms with Gasteiger partial charge in [-0.1, -0.05) is 35.9 Å². The van der Waals surface area contributed by atoms with E-state index in [1.807, 2.05) is 35.2 Å². The van der Waals surface area contributed by atoms with Crippen LogP contribution in [0.25, 0.3) is 0 Å². The summed E-state index contributed by atoms with van der Waals surface area (Å²) in [5, 5.41) is 7.12. The highest BCUT2D eigenvalue weighted by Crippen LogP contribution is 2.40. The Kier molecular flexibility index (Phi) is 8.27. The molecule has 1 aromatic heterocycles. The Labute approximate surface area is 195 Å². The lowest BCUT2D eigenvalue weighted by molar-refractivity contribution is -0.192. The van der Waals surface area contributed by atoms with Crippen molar-refractivity contribution in [1.82, 2.24) is 9.88 Å². The summed E-state index contributed by atoms with van der Waals surface area (Å²) in [7, 11) is 0. The van der Waals surface area contributed by atoms with Crippen molar-refractivity contribution < 1.29 is 37.3 Å². The zero-order valence-electron chi connectivity index (χ0n) is 18.8. The number of pyridine rings is 1. The van der Waals surface area contributed by atoms with Gasteiger partial charge in [-0.15, -0.1) is 0 Å². The van der Waals surface area contributed by atoms with Crippen molar-refractivity contribution in [3.63, 3.8) is 0 Å². The third-order valence-corrected chi connectivity index (χ3v) is 5.88. The molecule has 0 bridgehead atoms. The summed E-state index contributed by atoms with van der Waals surface area (Å²) in [6.07, 6.45) is -1.86. The van der Waals surface area contributed by atoms with Crippen molar-refractivity contribution in [1.29, 1.82) is 0 Å². The van der Waals surface area contributed by atoms with Crippen molar-refractivity contribution in [2.45, 2.75) is 38.1 Å². The van der Waals surface area contributed by atoms with E-state index in [9.17, 15) is 18.0 Å². The number of aliphatic carboxylic acids is 1. The van der Waals surface area contributed by atoms with Crippen LogP contribution in [-0.4, -0.2) is 64.9 Å². The van der Waals surface area contributed by atoms with Crippen molar-refractivity contribution in [2.24, 2.45) is 5.92 Å². The molecule has 0 saturated carbocycles. The number of amides is 1. The average Bonchev–Trinajstić information content (AvgIpc) is 3.19. The molecule has 2 fully saturated rings. The number of hydrogen-bond acceptors (Lipinski definition) is 5. The third kappa shape index (κ3) is 6.77. The molecule has 1 atom stereocenters. The van der Waals surface area contributed by atoms with Crippen LogP contribution in [0.4, 0.5) is 13.2 Å². The van der Waals surface area contributed by atoms with Gasteiger partial charge in [-0.05, 0) is 31.0 Å². The molecule has 1 unspecified atom stereocenters. The maximum Gasteiger partial charge on any atom is 0.490 e. The van der Waals surface area contributed by atoms with Crippen LogP contribution in [0.3, 0.4) is 0 Å². The Hall–Kier alpha value is -2.98. The van der Waals surface area contributed by atoms with Gasteiger partial charge in [-0.3, -0.25) is 9.78 Å². The molecule has 1 aromatic carbocycles. The first-order valence-electron chi connectivity index (χ1n) is 10.8. The SMILES string of the molecule is Cc1ccc(CC(=O)N2CC3(C2)OCCC3COCc2ccccn2)cc1.O=C(O)C(F)(F)F. The predicted octanol–water partition coefficient (Wildman–Crippen LogP) is 3.40. The topological polar surface area (TPSA) is 89.0 Å². The number of rotatable bonds is 6. The van der Waals surface area contributed by atoms with Crippen LogP contribution in [0.15, 0.2) is 48.7 Å². The molecule has 7 nitrogen and oxygen atoms in total. The Balaban J connectivity index is 0.000000406. The van der Waals surface area contributed by atoms with Gasteiger partial charge in [0, 0.05) is 18.7 Å². The van der Waals surface area contributed by atoms with Gasteiger partial charge in [0.15, 0.2) is 0 Å². The molecule has 1 amide bonds. The monoisotopic (exact) mass is 480 g/mol. The highest BCUT2D eigenvalue weighted by Gasteiger charge is 2.54. The van der Waals surface area contributed by atoms with E-state index in [0.717, 1.165) is 24.3 Å². The fraction of sp³-hybridized carbons (Fsp3) is 0.458. The lowest BCUT2D eigenvalue weighted by atomic mass is 9.81. The minimum atomic E-state index is -5.08. The summed E-state index contributed by atoms with van der Waals surface area (Å²) >= 11 is 0. The fourth-order valence-electron chi connectivity index (χ4n) is 3.93. The first kappa shape index (κ1) is 25.6. The van der Waals surface area contributed by atoms with E-state index in [-0.39, 0.29) is 11.5 Å². The molecular formula is C24H27F3N2O5. The number of carbonyl (C=O) groups excluding carboxylic acids is 1. The molecule has 10 heteroatoms. The molecule has 1 N–H and O–H groups in total. The fourth-order valence-corrected chi connectivity index (χ4v) is 3.93. The Morgan fingerprint density at radius 2 is 1.88 bits per heavy atom. The summed E-state index contributed by atoms with van der Waals surface area (Å²) < 4.78 is 43.7. The van der Waals surface area contributed by atoms with E-state index in [1.165, 1.54) is 5.56 Å². The van der Waals surface area contributed by atoms with Gasteiger partial charge in [0.2, 0.25) is 5.91 Å². The number of ether oxygens (including phenoxy) is 2. The van der Waals surface area contributed by atoms with Crippen molar-refractivity contribution in [2.75, 3.05) is 26.3 Å². The molecule has 184 valence electrons. The van der Waals surface area contributed by atoms with E-state index in [1.54, 1.807) is 6.20 Å². The van der Waals surface area contributed by atoms with Gasteiger partial charge >= 0.3 is 12.1 Å². The van der Waals surface area contributed by atoms with E-state index >= 15 is 0 Å². The molecule has 2 aromatic rings. The maximum atomic E-state index is 12.6. The summed E-state index contributed by atoms with van der Waals surface area (Å²) in [4.78, 5) is 27.7. The highest BCUT2D eigenvalue weighted by molar-refractivity contribution is 5.80. The molecule has 2 aliphatic rings. The second kappa shape index (κ2) is 11.0. The molecule has 3 heterocycles. The predicted molar refractivity (Wildman–Crippen MR) is 116 cm³/mol. The number of nitrogens with zero attached hydrogens (tertiary/aromatic N) is 2. The lowest BCUT2D eigenvalue weighted by Gasteiger charge is -2.50. The van der Waals surface area contributed by atoms with Crippen LogP contribution >= 0.6 is 0 Å². The number of alkyl halides is 3. The molecule has 2 saturated heterocycles. The van der Waals surface area contributed by atoms with Crippen LogP contribution < -0.4 is 0 Å². The molecule has 34 heavy (non-hydrogen) atoms.